The van der Waals surface area contributed by atoms with E-state index >= 15 is 0 Å². The number of aryl methyl sites for hydroxylation is 1. The highest BCUT2D eigenvalue weighted by atomic mass is 16.2. The Morgan fingerprint density at radius 3 is 3.05 bits per heavy atom. The largest absolute Gasteiger partial charge is 0.329 e. The SMILES string of the molecule is Cc1cccc(C(=O)N2CCC[C@H]2c2ccn[nH]2)n1. The van der Waals surface area contributed by atoms with Crippen LogP contribution in [0.5, 0.6) is 0 Å². The van der Waals surface area contributed by atoms with E-state index in [1.54, 1.807) is 12.3 Å². The van der Waals surface area contributed by atoms with E-state index in [2.05, 4.69) is 15.2 Å². The number of likely N-dealkylation sites (tertiary alicyclic amines) is 1. The molecule has 1 N–H and O–H groups in total. The molecule has 0 saturated carbocycles. The van der Waals surface area contributed by atoms with Gasteiger partial charge in [0.15, 0.2) is 0 Å². The normalized spacial score (nSPS) is 18.8. The number of hydrogen-bond donors (Lipinski definition) is 1. The molecular formula is C14H16N4O. The number of nitrogens with one attached hydrogen (secondary N) is 1. The number of hydrogen-bond acceptors (Lipinski definition) is 3. The van der Waals surface area contributed by atoms with Gasteiger partial charge >= 0.3 is 0 Å². The van der Waals surface area contributed by atoms with Crippen LogP contribution in [0.15, 0.2) is 30.5 Å². The summed E-state index contributed by atoms with van der Waals surface area (Å²) in [5.41, 5.74) is 2.38. The minimum absolute atomic E-state index is 0.000741. The molecule has 3 rings (SSSR count). The average Bonchev–Trinajstić information content (AvgIpc) is 3.08. The first kappa shape index (κ1) is 11.9. The van der Waals surface area contributed by atoms with Crippen LogP contribution in [-0.2, 0) is 0 Å². The fourth-order valence-corrected chi connectivity index (χ4v) is 2.59. The Balaban J connectivity index is 1.87. The van der Waals surface area contributed by atoms with Gasteiger partial charge in [0.05, 0.1) is 11.7 Å². The summed E-state index contributed by atoms with van der Waals surface area (Å²) in [6.45, 7) is 2.67. The summed E-state index contributed by atoms with van der Waals surface area (Å²) >= 11 is 0. The van der Waals surface area contributed by atoms with E-state index in [-0.39, 0.29) is 11.9 Å². The molecule has 19 heavy (non-hydrogen) atoms. The molecule has 3 heterocycles. The smallest absolute Gasteiger partial charge is 0.273 e. The molecule has 0 aliphatic carbocycles. The van der Waals surface area contributed by atoms with Crippen LogP contribution < -0.4 is 0 Å². The number of carbonyl (C=O) groups is 1. The molecule has 0 radical (unpaired) electrons. The summed E-state index contributed by atoms with van der Waals surface area (Å²) in [6, 6.07) is 7.57. The lowest BCUT2D eigenvalue weighted by Gasteiger charge is -2.23. The molecule has 1 aliphatic heterocycles. The number of aromatic amines is 1. The van der Waals surface area contributed by atoms with Gasteiger partial charge in [-0.2, -0.15) is 5.10 Å². The van der Waals surface area contributed by atoms with Gasteiger partial charge in [0, 0.05) is 18.4 Å². The molecule has 1 aliphatic rings. The zero-order chi connectivity index (χ0) is 13.2. The van der Waals surface area contributed by atoms with E-state index < -0.39 is 0 Å². The Labute approximate surface area is 111 Å². The lowest BCUT2D eigenvalue weighted by Crippen LogP contribution is -2.31. The van der Waals surface area contributed by atoms with Crippen molar-refractivity contribution >= 4 is 5.91 Å². The van der Waals surface area contributed by atoms with Gasteiger partial charge in [-0.1, -0.05) is 6.07 Å². The molecule has 1 atom stereocenters. The summed E-state index contributed by atoms with van der Waals surface area (Å²) in [6.07, 6.45) is 3.71. The average molecular weight is 256 g/mol. The van der Waals surface area contributed by atoms with Crippen molar-refractivity contribution in [2.24, 2.45) is 0 Å². The number of aromatic nitrogens is 3. The van der Waals surface area contributed by atoms with Crippen LogP contribution in [-0.4, -0.2) is 32.5 Å². The van der Waals surface area contributed by atoms with E-state index in [1.807, 2.05) is 30.0 Å². The first-order valence-corrected chi connectivity index (χ1v) is 6.49. The van der Waals surface area contributed by atoms with Crippen LogP contribution in [0.25, 0.3) is 0 Å². The van der Waals surface area contributed by atoms with Crippen molar-refractivity contribution in [3.8, 4) is 0 Å². The Morgan fingerprint density at radius 1 is 1.42 bits per heavy atom. The van der Waals surface area contributed by atoms with Gasteiger partial charge in [0.2, 0.25) is 0 Å². The summed E-state index contributed by atoms with van der Waals surface area (Å²) in [5.74, 6) is 0.000741. The highest BCUT2D eigenvalue weighted by Gasteiger charge is 2.31. The first-order chi connectivity index (χ1) is 9.25. The molecular weight excluding hydrogens is 240 g/mol. The Hall–Kier alpha value is -2.17. The second-order valence-electron chi connectivity index (χ2n) is 4.83. The monoisotopic (exact) mass is 256 g/mol. The lowest BCUT2D eigenvalue weighted by atomic mass is 10.1. The van der Waals surface area contributed by atoms with E-state index in [4.69, 9.17) is 0 Å². The van der Waals surface area contributed by atoms with Crippen molar-refractivity contribution in [3.63, 3.8) is 0 Å². The third-order valence-electron chi connectivity index (χ3n) is 3.50. The molecule has 1 saturated heterocycles. The van der Waals surface area contributed by atoms with Gasteiger partial charge in [0.1, 0.15) is 5.69 Å². The van der Waals surface area contributed by atoms with Crippen LogP contribution in [0.3, 0.4) is 0 Å². The van der Waals surface area contributed by atoms with Gasteiger partial charge in [-0.15, -0.1) is 0 Å². The van der Waals surface area contributed by atoms with Crippen molar-refractivity contribution in [2.45, 2.75) is 25.8 Å². The number of amides is 1. The molecule has 2 aromatic rings. The lowest BCUT2D eigenvalue weighted by molar-refractivity contribution is 0.0726. The molecule has 0 aromatic carbocycles. The summed E-state index contributed by atoms with van der Waals surface area (Å²) in [7, 11) is 0. The van der Waals surface area contributed by atoms with Gasteiger partial charge in [-0.3, -0.25) is 9.89 Å². The third kappa shape index (κ3) is 2.23. The maximum absolute atomic E-state index is 12.5. The van der Waals surface area contributed by atoms with Crippen molar-refractivity contribution < 1.29 is 4.79 Å². The fourth-order valence-electron chi connectivity index (χ4n) is 2.59. The van der Waals surface area contributed by atoms with Crippen LogP contribution >= 0.6 is 0 Å². The maximum Gasteiger partial charge on any atom is 0.273 e. The van der Waals surface area contributed by atoms with Gasteiger partial charge in [0.25, 0.3) is 5.91 Å². The van der Waals surface area contributed by atoms with Gasteiger partial charge in [-0.05, 0) is 38.0 Å². The standard InChI is InChI=1S/C14H16N4O/c1-10-4-2-5-12(16-10)14(19)18-9-3-6-13(18)11-7-8-15-17-11/h2,4-5,7-8,13H,3,6,9H2,1H3,(H,15,17)/t13-/m0/s1. The van der Waals surface area contributed by atoms with E-state index in [0.29, 0.717) is 5.69 Å². The highest BCUT2D eigenvalue weighted by molar-refractivity contribution is 5.92. The second kappa shape index (κ2) is 4.84. The Morgan fingerprint density at radius 2 is 2.32 bits per heavy atom. The molecule has 0 spiro atoms. The van der Waals surface area contributed by atoms with Crippen molar-refractivity contribution in [2.75, 3.05) is 6.54 Å². The third-order valence-corrected chi connectivity index (χ3v) is 3.50. The van der Waals surface area contributed by atoms with Gasteiger partial charge < -0.3 is 4.90 Å². The number of H-pyrrole nitrogens is 1. The molecule has 2 aromatic heterocycles. The topological polar surface area (TPSA) is 61.9 Å². The quantitative estimate of drug-likeness (QED) is 0.895. The van der Waals surface area contributed by atoms with Crippen LogP contribution in [0.4, 0.5) is 0 Å². The number of pyridine rings is 1. The zero-order valence-electron chi connectivity index (χ0n) is 10.8. The predicted octanol–water partition coefficient (Wildman–Crippen LogP) is 2.09. The van der Waals surface area contributed by atoms with Crippen LogP contribution in [0.1, 0.15) is 40.8 Å². The predicted molar refractivity (Wildman–Crippen MR) is 70.6 cm³/mol. The van der Waals surface area contributed by atoms with Crippen LogP contribution in [0.2, 0.25) is 0 Å². The minimum atomic E-state index is 0.000741. The molecule has 5 nitrogen and oxygen atoms in total. The summed E-state index contributed by atoms with van der Waals surface area (Å²) in [5, 5.41) is 6.93. The van der Waals surface area contributed by atoms with Crippen molar-refractivity contribution in [3.05, 3.63) is 47.5 Å². The summed E-state index contributed by atoms with van der Waals surface area (Å²) in [4.78, 5) is 18.7. The number of rotatable bonds is 2. The number of carbonyl (C=O) groups excluding carboxylic acids is 1. The minimum Gasteiger partial charge on any atom is -0.329 e. The van der Waals surface area contributed by atoms with E-state index in [1.165, 1.54) is 0 Å². The summed E-state index contributed by atoms with van der Waals surface area (Å²) < 4.78 is 0. The highest BCUT2D eigenvalue weighted by Crippen LogP contribution is 2.31. The van der Waals surface area contributed by atoms with E-state index in [9.17, 15) is 4.79 Å². The molecule has 0 bridgehead atoms. The molecule has 0 unspecified atom stereocenters. The second-order valence-corrected chi connectivity index (χ2v) is 4.83. The maximum atomic E-state index is 12.5. The number of nitrogens with zero attached hydrogens (tertiary/aromatic N) is 3. The Bertz CT molecular complexity index is 579. The fraction of sp³-hybridized carbons (Fsp3) is 0.357. The van der Waals surface area contributed by atoms with E-state index in [0.717, 1.165) is 30.8 Å². The molecule has 1 amide bonds. The first-order valence-electron chi connectivity index (χ1n) is 6.49. The van der Waals surface area contributed by atoms with Crippen molar-refractivity contribution in [1.29, 1.82) is 0 Å². The van der Waals surface area contributed by atoms with Crippen molar-refractivity contribution in [1.82, 2.24) is 20.1 Å². The molecule has 1 fully saturated rings. The molecule has 98 valence electrons. The van der Waals surface area contributed by atoms with Gasteiger partial charge in [-0.25, -0.2) is 4.98 Å². The zero-order valence-corrected chi connectivity index (χ0v) is 10.8. The molecule has 5 heteroatoms. The Kier molecular flexibility index (Phi) is 3.03. The van der Waals surface area contributed by atoms with Crippen LogP contribution in [0, 0.1) is 6.92 Å².